The van der Waals surface area contributed by atoms with Crippen LogP contribution in [-0.2, 0) is 9.59 Å². The lowest BCUT2D eigenvalue weighted by Gasteiger charge is -2.22. The Hall–Kier alpha value is -2.25. The predicted molar refractivity (Wildman–Crippen MR) is 88.0 cm³/mol. The number of ether oxygens (including phenoxy) is 1. The van der Waals surface area contributed by atoms with Crippen molar-refractivity contribution in [3.63, 3.8) is 0 Å². The van der Waals surface area contributed by atoms with Gasteiger partial charge in [0.25, 0.3) is 0 Å². The highest BCUT2D eigenvalue weighted by Crippen LogP contribution is 2.25. The largest absolute Gasteiger partial charge is 0.573 e. The first-order valence-electron chi connectivity index (χ1n) is 7.94. The number of amides is 2. The van der Waals surface area contributed by atoms with Crippen molar-refractivity contribution in [1.82, 2.24) is 5.32 Å². The van der Waals surface area contributed by atoms with Crippen LogP contribution in [0.4, 0.5) is 18.9 Å². The number of carbonyl (C=O) groups excluding carboxylic acids is 2. The van der Waals surface area contributed by atoms with Gasteiger partial charge in [-0.1, -0.05) is 33.8 Å². The van der Waals surface area contributed by atoms with E-state index in [1.165, 1.54) is 12.1 Å². The monoisotopic (exact) mass is 360 g/mol. The number of anilines is 1. The first kappa shape index (κ1) is 20.8. The molecule has 1 unspecified atom stereocenters. The van der Waals surface area contributed by atoms with E-state index in [9.17, 15) is 22.8 Å². The van der Waals surface area contributed by atoms with Crippen molar-refractivity contribution in [3.05, 3.63) is 24.3 Å². The number of hydrogen-bond donors (Lipinski definition) is 2. The Balaban J connectivity index is 2.80. The molecule has 0 radical (unpaired) electrons. The Morgan fingerprint density at radius 2 is 1.80 bits per heavy atom. The zero-order chi connectivity index (χ0) is 19.2. The van der Waals surface area contributed by atoms with E-state index in [-0.39, 0.29) is 29.9 Å². The highest BCUT2D eigenvalue weighted by Gasteiger charge is 2.31. The van der Waals surface area contributed by atoms with Crippen LogP contribution in [0, 0.1) is 11.8 Å². The summed E-state index contributed by atoms with van der Waals surface area (Å²) in [6.07, 6.45) is -4.53. The second-order valence-electron chi connectivity index (χ2n) is 6.45. The first-order chi connectivity index (χ1) is 11.5. The summed E-state index contributed by atoms with van der Waals surface area (Å²) in [7, 11) is 0. The van der Waals surface area contributed by atoms with Crippen LogP contribution >= 0.6 is 0 Å². The molecule has 1 aromatic rings. The number of alkyl halides is 3. The molecule has 0 aliphatic heterocycles. The third-order valence-corrected chi connectivity index (χ3v) is 3.19. The Morgan fingerprint density at radius 1 is 1.16 bits per heavy atom. The average molecular weight is 360 g/mol. The second-order valence-corrected chi connectivity index (χ2v) is 6.45. The molecule has 1 rings (SSSR count). The molecule has 5 nitrogen and oxygen atoms in total. The van der Waals surface area contributed by atoms with Crippen molar-refractivity contribution < 1.29 is 27.5 Å². The van der Waals surface area contributed by atoms with Crippen molar-refractivity contribution in [3.8, 4) is 5.75 Å². The fourth-order valence-corrected chi connectivity index (χ4v) is 2.13. The van der Waals surface area contributed by atoms with E-state index in [1.54, 1.807) is 13.8 Å². The summed E-state index contributed by atoms with van der Waals surface area (Å²) in [4.78, 5) is 24.3. The smallest absolute Gasteiger partial charge is 0.406 e. The van der Waals surface area contributed by atoms with Crippen LogP contribution in [0.25, 0.3) is 0 Å². The molecular formula is C17H23F3N2O3. The summed E-state index contributed by atoms with van der Waals surface area (Å²) in [5, 5.41) is 5.17. The van der Waals surface area contributed by atoms with Crippen molar-refractivity contribution >= 4 is 17.5 Å². The molecule has 1 aromatic carbocycles. The fourth-order valence-electron chi connectivity index (χ4n) is 2.13. The minimum atomic E-state index is -4.81. The van der Waals surface area contributed by atoms with Crippen LogP contribution < -0.4 is 15.4 Å². The van der Waals surface area contributed by atoms with Gasteiger partial charge in [-0.15, -0.1) is 13.2 Å². The number of benzene rings is 1. The molecule has 1 atom stereocenters. The molecule has 140 valence electrons. The molecular weight excluding hydrogens is 337 g/mol. The van der Waals surface area contributed by atoms with Gasteiger partial charge in [0.2, 0.25) is 11.8 Å². The molecule has 0 fully saturated rings. The van der Waals surface area contributed by atoms with E-state index in [4.69, 9.17) is 0 Å². The molecule has 2 N–H and O–H groups in total. The van der Waals surface area contributed by atoms with Crippen LogP contribution in [0.1, 0.15) is 34.1 Å². The molecule has 0 saturated carbocycles. The summed E-state index contributed by atoms with van der Waals surface area (Å²) in [6, 6.07) is 4.18. The van der Waals surface area contributed by atoms with Crippen LogP contribution in [0.15, 0.2) is 24.3 Å². The maximum absolute atomic E-state index is 12.4. The quantitative estimate of drug-likeness (QED) is 0.779. The molecule has 0 saturated heterocycles. The van der Waals surface area contributed by atoms with Gasteiger partial charge in [0.1, 0.15) is 11.8 Å². The summed E-state index contributed by atoms with van der Waals surface area (Å²) < 4.78 is 40.6. The van der Waals surface area contributed by atoms with Gasteiger partial charge in [0.05, 0.1) is 0 Å². The summed E-state index contributed by atoms with van der Waals surface area (Å²) in [5.74, 6) is -1.23. The lowest BCUT2D eigenvalue weighted by Crippen LogP contribution is -2.47. The van der Waals surface area contributed by atoms with Gasteiger partial charge < -0.3 is 15.4 Å². The predicted octanol–water partition coefficient (Wildman–Crippen LogP) is 3.71. The van der Waals surface area contributed by atoms with E-state index in [1.807, 2.05) is 13.8 Å². The van der Waals surface area contributed by atoms with Gasteiger partial charge in [-0.3, -0.25) is 9.59 Å². The van der Waals surface area contributed by atoms with Crippen LogP contribution in [-0.4, -0.2) is 24.2 Å². The maximum Gasteiger partial charge on any atom is 0.573 e. The number of hydrogen-bond acceptors (Lipinski definition) is 3. The Labute approximate surface area is 144 Å². The molecule has 0 aromatic heterocycles. The summed E-state index contributed by atoms with van der Waals surface area (Å²) in [6.45, 7) is 7.30. The normalized spacial score (nSPS) is 12.8. The lowest BCUT2D eigenvalue weighted by molar-refractivity contribution is -0.274. The Bertz CT molecular complexity index is 601. The van der Waals surface area contributed by atoms with E-state index < -0.39 is 24.1 Å². The number of rotatable bonds is 7. The molecule has 0 spiro atoms. The average Bonchev–Trinajstić information content (AvgIpc) is 2.42. The van der Waals surface area contributed by atoms with E-state index in [2.05, 4.69) is 15.4 Å². The molecule has 8 heteroatoms. The third-order valence-electron chi connectivity index (χ3n) is 3.19. The highest BCUT2D eigenvalue weighted by atomic mass is 19.4. The molecule has 0 heterocycles. The van der Waals surface area contributed by atoms with Gasteiger partial charge in [0, 0.05) is 18.2 Å². The number of carbonyl (C=O) groups is 2. The molecule has 2 amide bonds. The Kier molecular flexibility index (Phi) is 7.26. The van der Waals surface area contributed by atoms with Gasteiger partial charge in [-0.2, -0.15) is 0 Å². The van der Waals surface area contributed by atoms with Crippen molar-refractivity contribution in [1.29, 1.82) is 0 Å². The third kappa shape index (κ3) is 7.91. The number of halogens is 3. The van der Waals surface area contributed by atoms with Gasteiger partial charge >= 0.3 is 6.36 Å². The zero-order valence-corrected chi connectivity index (χ0v) is 14.6. The summed E-state index contributed by atoms with van der Waals surface area (Å²) in [5.41, 5.74) is 0.149. The minimum Gasteiger partial charge on any atom is -0.406 e. The molecule has 25 heavy (non-hydrogen) atoms. The Morgan fingerprint density at radius 3 is 2.32 bits per heavy atom. The summed E-state index contributed by atoms with van der Waals surface area (Å²) >= 11 is 0. The van der Waals surface area contributed by atoms with Gasteiger partial charge in [0.15, 0.2) is 0 Å². The lowest BCUT2D eigenvalue weighted by atomic mass is 10.0. The van der Waals surface area contributed by atoms with E-state index >= 15 is 0 Å². The van der Waals surface area contributed by atoms with Crippen LogP contribution in [0.3, 0.4) is 0 Å². The van der Waals surface area contributed by atoms with Crippen molar-refractivity contribution in [2.75, 3.05) is 5.32 Å². The topological polar surface area (TPSA) is 67.4 Å². The van der Waals surface area contributed by atoms with Crippen molar-refractivity contribution in [2.45, 2.75) is 46.5 Å². The highest BCUT2D eigenvalue weighted by molar-refractivity contribution is 5.97. The minimum absolute atomic E-state index is 0.145. The molecule has 0 aliphatic carbocycles. The second kappa shape index (κ2) is 8.73. The molecule has 0 aliphatic rings. The maximum atomic E-state index is 12.4. The SMILES string of the molecule is CC(C)CC(=O)NC(C(=O)Nc1cccc(OC(F)(F)F)c1)C(C)C. The zero-order valence-electron chi connectivity index (χ0n) is 14.6. The fraction of sp³-hybridized carbons (Fsp3) is 0.529. The first-order valence-corrected chi connectivity index (χ1v) is 7.94. The van der Waals surface area contributed by atoms with Crippen LogP contribution in [0.2, 0.25) is 0 Å². The van der Waals surface area contributed by atoms with Crippen molar-refractivity contribution in [2.24, 2.45) is 11.8 Å². The van der Waals surface area contributed by atoms with E-state index in [0.29, 0.717) is 0 Å². The van der Waals surface area contributed by atoms with Gasteiger partial charge in [-0.25, -0.2) is 0 Å². The van der Waals surface area contributed by atoms with E-state index in [0.717, 1.165) is 12.1 Å². The number of nitrogens with one attached hydrogen (secondary N) is 2. The van der Waals surface area contributed by atoms with Crippen LogP contribution in [0.5, 0.6) is 5.75 Å². The standard InChI is InChI=1S/C17H23F3N2O3/c1-10(2)8-14(23)22-15(11(3)4)16(24)21-12-6-5-7-13(9-12)25-17(18,19)20/h5-7,9-11,15H,8H2,1-4H3,(H,21,24)(H,22,23). The van der Waals surface area contributed by atoms with Gasteiger partial charge in [-0.05, 0) is 24.0 Å². The molecule has 0 bridgehead atoms.